The highest BCUT2D eigenvalue weighted by Gasteiger charge is 2.16. The number of rotatable bonds is 7. The SMILES string of the molecule is Cc1cccc(-n2c(SCCOc3ccccc3Cl)nnc2-c2ccncc2)c1. The van der Waals surface area contributed by atoms with Crippen LogP contribution in [0.25, 0.3) is 17.1 Å². The van der Waals surface area contributed by atoms with E-state index in [4.69, 9.17) is 16.3 Å². The number of para-hydroxylation sites is 1. The van der Waals surface area contributed by atoms with E-state index < -0.39 is 0 Å². The lowest BCUT2D eigenvalue weighted by atomic mass is 10.2. The number of aryl methyl sites for hydroxylation is 1. The lowest BCUT2D eigenvalue weighted by molar-refractivity contribution is 0.344. The first-order valence-corrected chi connectivity index (χ1v) is 10.5. The van der Waals surface area contributed by atoms with E-state index in [0.29, 0.717) is 23.1 Å². The largest absolute Gasteiger partial charge is 0.491 e. The molecule has 0 aliphatic carbocycles. The van der Waals surface area contributed by atoms with Gasteiger partial charge in [0.15, 0.2) is 11.0 Å². The summed E-state index contributed by atoms with van der Waals surface area (Å²) in [6.45, 7) is 2.59. The predicted molar refractivity (Wildman–Crippen MR) is 117 cm³/mol. The Bertz CT molecular complexity index is 1100. The number of hydrogen-bond donors (Lipinski definition) is 0. The van der Waals surface area contributed by atoms with Crippen molar-refractivity contribution >= 4 is 23.4 Å². The number of benzene rings is 2. The van der Waals surface area contributed by atoms with Crippen LogP contribution in [-0.2, 0) is 0 Å². The third-order valence-corrected chi connectivity index (χ3v) is 5.45. The Morgan fingerprint density at radius 2 is 1.83 bits per heavy atom. The molecule has 0 unspecified atom stereocenters. The van der Waals surface area contributed by atoms with Crippen molar-refractivity contribution in [2.75, 3.05) is 12.4 Å². The third kappa shape index (κ3) is 4.60. The zero-order valence-corrected chi connectivity index (χ0v) is 17.4. The number of pyridine rings is 1. The minimum Gasteiger partial charge on any atom is -0.491 e. The standard InChI is InChI=1S/C22H19ClN4OS/c1-16-5-4-6-18(15-16)27-21(17-9-11-24-12-10-17)25-26-22(27)29-14-13-28-20-8-3-2-7-19(20)23/h2-12,15H,13-14H2,1H3. The Kier molecular flexibility index (Phi) is 6.12. The van der Waals surface area contributed by atoms with Crippen molar-refractivity contribution in [3.63, 3.8) is 0 Å². The average Bonchev–Trinajstić information content (AvgIpc) is 3.17. The molecule has 2 heterocycles. The molecule has 0 aliphatic heterocycles. The van der Waals surface area contributed by atoms with Crippen LogP contribution in [0.15, 0.2) is 78.2 Å². The number of thioether (sulfide) groups is 1. The molecule has 0 atom stereocenters. The van der Waals surface area contributed by atoms with Gasteiger partial charge in [-0.25, -0.2) is 0 Å². The summed E-state index contributed by atoms with van der Waals surface area (Å²) < 4.78 is 7.87. The van der Waals surface area contributed by atoms with Crippen LogP contribution >= 0.6 is 23.4 Å². The number of nitrogens with zero attached hydrogens (tertiary/aromatic N) is 4. The lowest BCUT2D eigenvalue weighted by Crippen LogP contribution is -2.04. The van der Waals surface area contributed by atoms with Gasteiger partial charge in [0.2, 0.25) is 0 Å². The van der Waals surface area contributed by atoms with Crippen LogP contribution in [0.5, 0.6) is 5.75 Å². The van der Waals surface area contributed by atoms with Crippen molar-refractivity contribution in [1.82, 2.24) is 19.7 Å². The molecule has 146 valence electrons. The molecule has 2 aromatic carbocycles. The summed E-state index contributed by atoms with van der Waals surface area (Å²) in [5.41, 5.74) is 3.17. The van der Waals surface area contributed by atoms with E-state index in [9.17, 15) is 0 Å². The number of ether oxygens (including phenoxy) is 1. The molecule has 0 saturated heterocycles. The van der Waals surface area contributed by atoms with E-state index in [1.165, 1.54) is 5.56 Å². The molecule has 0 saturated carbocycles. The van der Waals surface area contributed by atoms with E-state index in [1.807, 2.05) is 42.5 Å². The summed E-state index contributed by atoms with van der Waals surface area (Å²) in [5.74, 6) is 2.19. The molecule has 29 heavy (non-hydrogen) atoms. The van der Waals surface area contributed by atoms with Crippen LogP contribution < -0.4 is 4.74 Å². The quantitative estimate of drug-likeness (QED) is 0.292. The van der Waals surface area contributed by atoms with Crippen LogP contribution in [0.4, 0.5) is 0 Å². The number of hydrogen-bond acceptors (Lipinski definition) is 5. The summed E-state index contributed by atoms with van der Waals surface area (Å²) in [5, 5.41) is 10.3. The first-order chi connectivity index (χ1) is 14.2. The van der Waals surface area contributed by atoms with Gasteiger partial charge in [0.1, 0.15) is 5.75 Å². The number of halogens is 1. The van der Waals surface area contributed by atoms with Crippen molar-refractivity contribution < 1.29 is 4.74 Å². The van der Waals surface area contributed by atoms with Crippen molar-refractivity contribution in [2.24, 2.45) is 0 Å². The Balaban J connectivity index is 1.57. The molecular weight excluding hydrogens is 404 g/mol. The molecule has 0 fully saturated rings. The lowest BCUT2D eigenvalue weighted by Gasteiger charge is -2.11. The molecule has 0 spiro atoms. The zero-order valence-electron chi connectivity index (χ0n) is 15.8. The summed E-state index contributed by atoms with van der Waals surface area (Å²) in [6.07, 6.45) is 3.52. The van der Waals surface area contributed by atoms with Gasteiger partial charge >= 0.3 is 0 Å². The fraction of sp³-hybridized carbons (Fsp3) is 0.136. The van der Waals surface area contributed by atoms with Gasteiger partial charge in [-0.1, -0.05) is 47.6 Å². The summed E-state index contributed by atoms with van der Waals surface area (Å²) in [4.78, 5) is 4.10. The fourth-order valence-electron chi connectivity index (χ4n) is 2.90. The third-order valence-electron chi connectivity index (χ3n) is 4.24. The molecule has 5 nitrogen and oxygen atoms in total. The van der Waals surface area contributed by atoms with E-state index in [0.717, 1.165) is 22.2 Å². The Morgan fingerprint density at radius 1 is 1.00 bits per heavy atom. The first-order valence-electron chi connectivity index (χ1n) is 9.15. The predicted octanol–water partition coefficient (Wildman–Crippen LogP) is 5.46. The second kappa shape index (κ2) is 9.11. The van der Waals surface area contributed by atoms with Gasteiger partial charge in [0.25, 0.3) is 0 Å². The molecule has 4 aromatic rings. The molecule has 0 N–H and O–H groups in total. The highest BCUT2D eigenvalue weighted by atomic mass is 35.5. The van der Waals surface area contributed by atoms with Crippen LogP contribution in [-0.4, -0.2) is 32.1 Å². The van der Waals surface area contributed by atoms with Crippen molar-refractivity contribution in [3.8, 4) is 22.8 Å². The van der Waals surface area contributed by atoms with Gasteiger partial charge in [-0.15, -0.1) is 10.2 Å². The van der Waals surface area contributed by atoms with Gasteiger partial charge in [-0.2, -0.15) is 0 Å². The van der Waals surface area contributed by atoms with Crippen LogP contribution in [0, 0.1) is 6.92 Å². The van der Waals surface area contributed by atoms with Crippen LogP contribution in [0.1, 0.15) is 5.56 Å². The molecule has 0 amide bonds. The summed E-state index contributed by atoms with van der Waals surface area (Å²) >= 11 is 7.74. The molecule has 0 bridgehead atoms. The first kappa shape index (κ1) is 19.5. The van der Waals surface area contributed by atoms with E-state index in [-0.39, 0.29) is 0 Å². The highest BCUT2D eigenvalue weighted by molar-refractivity contribution is 7.99. The monoisotopic (exact) mass is 422 g/mol. The summed E-state index contributed by atoms with van der Waals surface area (Å²) in [7, 11) is 0. The molecule has 0 radical (unpaired) electrons. The Labute approximate surface area is 178 Å². The minimum atomic E-state index is 0.514. The molecule has 2 aromatic heterocycles. The van der Waals surface area contributed by atoms with Crippen molar-refractivity contribution in [1.29, 1.82) is 0 Å². The Morgan fingerprint density at radius 3 is 2.62 bits per heavy atom. The second-order valence-electron chi connectivity index (χ2n) is 6.34. The van der Waals surface area contributed by atoms with Crippen LogP contribution in [0.3, 0.4) is 0 Å². The van der Waals surface area contributed by atoms with Gasteiger partial charge < -0.3 is 4.74 Å². The van der Waals surface area contributed by atoms with Gasteiger partial charge in [0.05, 0.1) is 11.6 Å². The maximum atomic E-state index is 6.15. The van der Waals surface area contributed by atoms with Crippen LogP contribution in [0.2, 0.25) is 5.02 Å². The maximum Gasteiger partial charge on any atom is 0.196 e. The molecule has 4 rings (SSSR count). The molecule has 7 heteroatoms. The van der Waals surface area contributed by atoms with Gasteiger partial charge in [0, 0.05) is 29.4 Å². The average molecular weight is 423 g/mol. The number of aromatic nitrogens is 4. The summed E-state index contributed by atoms with van der Waals surface area (Å²) in [6, 6.07) is 19.6. The van der Waals surface area contributed by atoms with Gasteiger partial charge in [-0.3, -0.25) is 9.55 Å². The minimum absolute atomic E-state index is 0.514. The molecule has 0 aliphatic rings. The smallest absolute Gasteiger partial charge is 0.196 e. The Hall–Kier alpha value is -2.83. The van der Waals surface area contributed by atoms with Crippen molar-refractivity contribution in [2.45, 2.75) is 12.1 Å². The normalized spacial score (nSPS) is 10.8. The fourth-order valence-corrected chi connectivity index (χ4v) is 3.86. The van der Waals surface area contributed by atoms with E-state index >= 15 is 0 Å². The topological polar surface area (TPSA) is 52.8 Å². The zero-order chi connectivity index (χ0) is 20.1. The highest BCUT2D eigenvalue weighted by Crippen LogP contribution is 2.28. The second-order valence-corrected chi connectivity index (χ2v) is 7.81. The van der Waals surface area contributed by atoms with Crippen molar-refractivity contribution in [3.05, 3.63) is 83.6 Å². The van der Waals surface area contributed by atoms with E-state index in [2.05, 4.69) is 44.9 Å². The molecular formula is C22H19ClN4OS. The van der Waals surface area contributed by atoms with Gasteiger partial charge in [-0.05, 0) is 48.9 Å². The maximum absolute atomic E-state index is 6.15. The van der Waals surface area contributed by atoms with E-state index in [1.54, 1.807) is 24.2 Å².